The van der Waals surface area contributed by atoms with Crippen LogP contribution in [-0.2, 0) is 15.8 Å². The fourth-order valence-electron chi connectivity index (χ4n) is 2.81. The van der Waals surface area contributed by atoms with Gasteiger partial charge in [-0.05, 0) is 45.9 Å². The highest BCUT2D eigenvalue weighted by Crippen LogP contribution is 2.30. The van der Waals surface area contributed by atoms with E-state index in [0.29, 0.717) is 6.54 Å². The number of likely N-dealkylation sites (N-methyl/N-ethyl adjacent to an activating group) is 1. The molecule has 0 fully saturated rings. The molecule has 10 heteroatoms. The molecule has 2 amide bonds. The molecule has 0 saturated heterocycles. The molecule has 0 aliphatic heterocycles. The number of hydrogen-bond acceptors (Lipinski definition) is 4. The summed E-state index contributed by atoms with van der Waals surface area (Å²) in [7, 11) is 0. The highest BCUT2D eigenvalue weighted by Gasteiger charge is 2.31. The predicted octanol–water partition coefficient (Wildman–Crippen LogP) is 2.33. The highest BCUT2D eigenvalue weighted by atomic mass is 19.4. The predicted molar refractivity (Wildman–Crippen MR) is 98.7 cm³/mol. The number of carbonyl (C=O) groups is 3. The number of Topliss-reactive ketones (excluding diaryl/α,β-unsaturated/α-hetero) is 1. The van der Waals surface area contributed by atoms with Crippen LogP contribution in [0.1, 0.15) is 41.2 Å². The van der Waals surface area contributed by atoms with E-state index >= 15 is 0 Å². The fraction of sp³-hybridized carbons (Fsp3) is 0.368. The number of aryl methyl sites for hydroxylation is 1. The molecule has 0 bridgehead atoms. The highest BCUT2D eigenvalue weighted by molar-refractivity contribution is 6.43. The molecule has 0 aliphatic rings. The molecule has 1 atom stereocenters. The van der Waals surface area contributed by atoms with Crippen molar-refractivity contribution in [2.45, 2.75) is 39.9 Å². The topological polar surface area (TPSA) is 93.1 Å². The van der Waals surface area contributed by atoms with E-state index in [1.54, 1.807) is 6.92 Å². The van der Waals surface area contributed by atoms with Gasteiger partial charge in [0, 0.05) is 6.54 Å². The first-order valence-electron chi connectivity index (χ1n) is 8.84. The summed E-state index contributed by atoms with van der Waals surface area (Å²) in [4.78, 5) is 36.6. The first-order chi connectivity index (χ1) is 13.5. The minimum absolute atomic E-state index is 0.0250. The van der Waals surface area contributed by atoms with Crippen molar-refractivity contribution in [3.8, 4) is 5.69 Å². The van der Waals surface area contributed by atoms with Gasteiger partial charge < -0.3 is 10.6 Å². The number of hydrogen-bond donors (Lipinski definition) is 2. The smallest absolute Gasteiger partial charge is 0.355 e. The summed E-state index contributed by atoms with van der Waals surface area (Å²) in [6, 6.07) is 3.56. The second-order valence-corrected chi connectivity index (χ2v) is 6.42. The lowest BCUT2D eigenvalue weighted by molar-refractivity contribution is -0.137. The van der Waals surface area contributed by atoms with Crippen molar-refractivity contribution in [1.82, 2.24) is 20.4 Å². The first kappa shape index (κ1) is 22.1. The molecule has 7 nitrogen and oxygen atoms in total. The molecular formula is C19H21F3N4O3. The Morgan fingerprint density at radius 3 is 2.45 bits per heavy atom. The molecule has 0 aliphatic carbocycles. The number of alkyl halides is 3. The van der Waals surface area contributed by atoms with E-state index < -0.39 is 35.4 Å². The van der Waals surface area contributed by atoms with Crippen LogP contribution in [0.4, 0.5) is 13.2 Å². The zero-order valence-electron chi connectivity index (χ0n) is 16.3. The maximum atomic E-state index is 13.0. The van der Waals surface area contributed by atoms with Crippen molar-refractivity contribution in [1.29, 1.82) is 0 Å². The zero-order valence-corrected chi connectivity index (χ0v) is 16.3. The second kappa shape index (κ2) is 8.46. The van der Waals surface area contributed by atoms with Gasteiger partial charge in [0.05, 0.1) is 28.2 Å². The van der Waals surface area contributed by atoms with E-state index in [-0.39, 0.29) is 22.6 Å². The standard InChI is InChI=1S/C19H21F3N4O3/c1-5-23-17(28)11(3)24-18(29)16(27)15-10(2)25-26(12(15)4)14-8-6-7-13(9-14)19(20,21)22/h6-9,11H,5H2,1-4H3,(H,23,28)(H,24,29)/t11-/m1/s1. The van der Waals surface area contributed by atoms with Crippen molar-refractivity contribution in [2.75, 3.05) is 6.54 Å². The third kappa shape index (κ3) is 4.82. The van der Waals surface area contributed by atoms with E-state index in [4.69, 9.17) is 0 Å². The molecule has 0 radical (unpaired) electrons. The van der Waals surface area contributed by atoms with Gasteiger partial charge in [0.2, 0.25) is 5.91 Å². The molecule has 1 aromatic heterocycles. The normalized spacial score (nSPS) is 12.4. The van der Waals surface area contributed by atoms with Crippen LogP contribution in [0.25, 0.3) is 5.69 Å². The number of carbonyl (C=O) groups excluding carboxylic acids is 3. The van der Waals surface area contributed by atoms with Crippen molar-refractivity contribution in [3.05, 3.63) is 46.8 Å². The maximum absolute atomic E-state index is 13.0. The lowest BCUT2D eigenvalue weighted by Gasteiger charge is -2.13. The van der Waals surface area contributed by atoms with E-state index in [1.807, 2.05) is 0 Å². The van der Waals surface area contributed by atoms with Crippen LogP contribution in [0, 0.1) is 13.8 Å². The number of rotatable bonds is 6. The summed E-state index contributed by atoms with van der Waals surface area (Å²) in [5.41, 5.74) is -0.374. The van der Waals surface area contributed by atoms with Gasteiger partial charge in [-0.3, -0.25) is 14.4 Å². The van der Waals surface area contributed by atoms with Crippen LogP contribution < -0.4 is 10.6 Å². The molecule has 0 unspecified atom stereocenters. The van der Waals surface area contributed by atoms with Crippen molar-refractivity contribution < 1.29 is 27.6 Å². The summed E-state index contributed by atoms with van der Waals surface area (Å²) in [6.45, 7) is 6.47. The number of benzene rings is 1. The molecule has 29 heavy (non-hydrogen) atoms. The van der Waals surface area contributed by atoms with E-state index in [0.717, 1.165) is 12.1 Å². The van der Waals surface area contributed by atoms with Crippen LogP contribution in [0.2, 0.25) is 0 Å². The molecule has 2 rings (SSSR count). The largest absolute Gasteiger partial charge is 0.416 e. The Bertz CT molecular complexity index is 951. The Hall–Kier alpha value is -3.17. The van der Waals surface area contributed by atoms with E-state index in [2.05, 4.69) is 15.7 Å². The summed E-state index contributed by atoms with van der Waals surface area (Å²) in [6.07, 6.45) is -4.53. The molecule has 1 heterocycles. The van der Waals surface area contributed by atoms with Gasteiger partial charge in [0.1, 0.15) is 6.04 Å². The van der Waals surface area contributed by atoms with Gasteiger partial charge in [0.15, 0.2) is 0 Å². The average molecular weight is 410 g/mol. The van der Waals surface area contributed by atoms with E-state index in [9.17, 15) is 27.6 Å². The fourth-order valence-corrected chi connectivity index (χ4v) is 2.81. The van der Waals surface area contributed by atoms with Gasteiger partial charge >= 0.3 is 6.18 Å². The molecule has 2 aromatic rings. The van der Waals surface area contributed by atoms with Gasteiger partial charge in [-0.25, -0.2) is 4.68 Å². The van der Waals surface area contributed by atoms with Gasteiger partial charge in [0.25, 0.3) is 11.7 Å². The van der Waals surface area contributed by atoms with Crippen LogP contribution in [0.15, 0.2) is 24.3 Å². The molecule has 1 aromatic carbocycles. The Balaban J connectivity index is 2.33. The molecule has 2 N–H and O–H groups in total. The SMILES string of the molecule is CCNC(=O)[C@@H](C)NC(=O)C(=O)c1c(C)nn(-c2cccc(C(F)(F)F)c2)c1C. The number of ketones is 1. The van der Waals surface area contributed by atoms with Crippen molar-refractivity contribution >= 4 is 17.6 Å². The van der Waals surface area contributed by atoms with Crippen molar-refractivity contribution in [2.24, 2.45) is 0 Å². The summed E-state index contributed by atoms with van der Waals surface area (Å²) in [5.74, 6) is -2.37. The van der Waals surface area contributed by atoms with Crippen LogP contribution in [-0.4, -0.2) is 40.0 Å². The number of aromatic nitrogens is 2. The third-order valence-electron chi connectivity index (χ3n) is 4.23. The quantitative estimate of drug-likeness (QED) is 0.565. The van der Waals surface area contributed by atoms with E-state index in [1.165, 1.54) is 37.6 Å². The zero-order chi connectivity index (χ0) is 21.9. The number of nitrogens with one attached hydrogen (secondary N) is 2. The van der Waals surface area contributed by atoms with Gasteiger partial charge in [-0.2, -0.15) is 18.3 Å². The summed E-state index contributed by atoms with van der Waals surface area (Å²) >= 11 is 0. The number of amides is 2. The molecular weight excluding hydrogens is 389 g/mol. The van der Waals surface area contributed by atoms with Gasteiger partial charge in [-0.15, -0.1) is 0 Å². The number of halogens is 3. The lowest BCUT2D eigenvalue weighted by atomic mass is 10.1. The number of nitrogens with zero attached hydrogens (tertiary/aromatic N) is 2. The minimum atomic E-state index is -4.53. The van der Waals surface area contributed by atoms with Crippen molar-refractivity contribution in [3.63, 3.8) is 0 Å². The summed E-state index contributed by atoms with van der Waals surface area (Å²) < 4.78 is 40.1. The Kier molecular flexibility index (Phi) is 6.45. The van der Waals surface area contributed by atoms with Gasteiger partial charge in [-0.1, -0.05) is 6.07 Å². The summed E-state index contributed by atoms with van der Waals surface area (Å²) in [5, 5.41) is 8.95. The third-order valence-corrected chi connectivity index (χ3v) is 4.23. The monoisotopic (exact) mass is 410 g/mol. The first-order valence-corrected chi connectivity index (χ1v) is 8.84. The Labute approximate surface area is 165 Å². The Morgan fingerprint density at radius 2 is 1.86 bits per heavy atom. The van der Waals surface area contributed by atoms with Crippen LogP contribution in [0.5, 0.6) is 0 Å². The van der Waals surface area contributed by atoms with Crippen LogP contribution >= 0.6 is 0 Å². The molecule has 156 valence electrons. The lowest BCUT2D eigenvalue weighted by Crippen LogP contribution is -2.47. The Morgan fingerprint density at radius 1 is 1.21 bits per heavy atom. The molecule has 0 saturated carbocycles. The molecule has 0 spiro atoms. The van der Waals surface area contributed by atoms with Crippen LogP contribution in [0.3, 0.4) is 0 Å². The minimum Gasteiger partial charge on any atom is -0.355 e. The average Bonchev–Trinajstić information content (AvgIpc) is 2.94. The maximum Gasteiger partial charge on any atom is 0.416 e. The second-order valence-electron chi connectivity index (χ2n) is 6.42.